The van der Waals surface area contributed by atoms with E-state index in [0.29, 0.717) is 15.6 Å². The average molecular weight is 565 g/mol. The normalized spacial score (nSPS) is 20.8. The molecule has 0 saturated carbocycles. The molecule has 1 aliphatic rings. The van der Waals surface area contributed by atoms with Crippen molar-refractivity contribution in [3.63, 3.8) is 0 Å². The quantitative estimate of drug-likeness (QED) is 0.451. The van der Waals surface area contributed by atoms with Crippen molar-refractivity contribution in [2.24, 2.45) is 0 Å². The van der Waals surface area contributed by atoms with Crippen LogP contribution < -0.4 is 5.32 Å². The van der Waals surface area contributed by atoms with E-state index in [0.717, 1.165) is 42.7 Å². The summed E-state index contributed by atoms with van der Waals surface area (Å²) in [5.74, 6) is -2.46. The Morgan fingerprint density at radius 1 is 1.16 bits per heavy atom. The summed E-state index contributed by atoms with van der Waals surface area (Å²) in [4.78, 5) is 19.7. The van der Waals surface area contributed by atoms with Crippen LogP contribution in [0.4, 0.5) is 26.3 Å². The van der Waals surface area contributed by atoms with Crippen LogP contribution in [0.1, 0.15) is 23.9 Å². The van der Waals surface area contributed by atoms with Gasteiger partial charge in [0.1, 0.15) is 23.8 Å². The first kappa shape index (κ1) is 27.0. The number of alkyl halides is 4. The molecule has 1 saturated heterocycles. The van der Waals surface area contributed by atoms with Crippen molar-refractivity contribution in [3.05, 3.63) is 64.9 Å². The molecular formula is C22H18F6N4O3S2. The van der Waals surface area contributed by atoms with Crippen LogP contribution in [0.2, 0.25) is 0 Å². The maximum Gasteiger partial charge on any atom is 0.443 e. The highest BCUT2D eigenvalue weighted by Crippen LogP contribution is 2.36. The number of aromatic nitrogens is 2. The van der Waals surface area contributed by atoms with Gasteiger partial charge in [-0.2, -0.15) is 17.5 Å². The van der Waals surface area contributed by atoms with E-state index in [2.05, 4.69) is 15.3 Å². The fraction of sp³-hybridized carbons (Fsp3) is 0.318. The third-order valence-corrected chi connectivity index (χ3v) is 8.84. The summed E-state index contributed by atoms with van der Waals surface area (Å²) in [6.45, 7) is 0.815. The van der Waals surface area contributed by atoms with Crippen LogP contribution in [0.3, 0.4) is 0 Å². The van der Waals surface area contributed by atoms with Crippen molar-refractivity contribution >= 4 is 27.3 Å². The van der Waals surface area contributed by atoms with Crippen LogP contribution in [-0.4, -0.2) is 46.9 Å². The second-order valence-electron chi connectivity index (χ2n) is 8.20. The topological polar surface area (TPSA) is 92.3 Å². The zero-order valence-electron chi connectivity index (χ0n) is 18.8. The molecule has 4 rings (SSSR count). The summed E-state index contributed by atoms with van der Waals surface area (Å²) in [6, 6.07) is 2.28. The Hall–Kier alpha value is -3.04. The van der Waals surface area contributed by atoms with E-state index in [1.807, 2.05) is 0 Å². The Kier molecular flexibility index (Phi) is 7.32. The second-order valence-corrected chi connectivity index (χ2v) is 11.1. The molecule has 1 aromatic carbocycles. The highest BCUT2D eigenvalue weighted by atomic mass is 32.2. The Morgan fingerprint density at radius 3 is 2.46 bits per heavy atom. The predicted molar refractivity (Wildman–Crippen MR) is 120 cm³/mol. The molecule has 7 nitrogen and oxygen atoms in total. The molecule has 3 heterocycles. The summed E-state index contributed by atoms with van der Waals surface area (Å²) in [7, 11) is -4.39. The van der Waals surface area contributed by atoms with Crippen molar-refractivity contribution in [1.82, 2.24) is 19.6 Å². The van der Waals surface area contributed by atoms with Crippen LogP contribution in [-0.2, 0) is 27.5 Å². The lowest BCUT2D eigenvalue weighted by Gasteiger charge is -2.27. The Bertz CT molecular complexity index is 1410. The number of nitrogens with zero attached hydrogens (tertiary/aromatic N) is 3. The number of hydrogen-bond donors (Lipinski definition) is 1. The molecule has 1 aliphatic heterocycles. The maximum absolute atomic E-state index is 14.5. The molecule has 0 spiro atoms. The van der Waals surface area contributed by atoms with Crippen molar-refractivity contribution in [2.75, 3.05) is 0 Å². The van der Waals surface area contributed by atoms with Gasteiger partial charge in [-0.1, -0.05) is 0 Å². The van der Waals surface area contributed by atoms with Crippen LogP contribution in [0.15, 0.2) is 47.6 Å². The molecule has 0 bridgehead atoms. The smallest absolute Gasteiger partial charge is 0.351 e. The van der Waals surface area contributed by atoms with Gasteiger partial charge in [0.2, 0.25) is 15.9 Å². The Balaban J connectivity index is 1.54. The van der Waals surface area contributed by atoms with Crippen molar-refractivity contribution < 1.29 is 39.6 Å². The third-order valence-electron chi connectivity index (χ3n) is 5.76. The number of rotatable bonds is 6. The van der Waals surface area contributed by atoms with Gasteiger partial charge in [0.15, 0.2) is 5.01 Å². The minimum atomic E-state index is -4.66. The number of amides is 1. The zero-order valence-corrected chi connectivity index (χ0v) is 20.5. The summed E-state index contributed by atoms with van der Waals surface area (Å²) < 4.78 is 108. The van der Waals surface area contributed by atoms with Gasteiger partial charge < -0.3 is 5.32 Å². The standard InChI is InChI=1S/C22H18F6N4O3S2/c1-11-15(24)7-18(32(11)37(34,35)14-4-2-13(23)3-5-14)20(33)30-8-12-6-17(29-9-16(12)25)19-10-31-21(36-19)22(26,27)28/h2-6,9-11,15,18H,7-8H2,1H3,(H,30,33). The summed E-state index contributed by atoms with van der Waals surface area (Å²) >= 11 is 0.308. The molecule has 1 fully saturated rings. The first-order chi connectivity index (χ1) is 17.3. The van der Waals surface area contributed by atoms with E-state index in [1.165, 1.54) is 6.92 Å². The van der Waals surface area contributed by atoms with Crippen molar-refractivity contribution in [3.8, 4) is 10.6 Å². The van der Waals surface area contributed by atoms with Crippen molar-refractivity contribution in [2.45, 2.75) is 49.2 Å². The monoisotopic (exact) mass is 564 g/mol. The summed E-state index contributed by atoms with van der Waals surface area (Å²) in [6.07, 6.45) is -5.09. The molecule has 0 radical (unpaired) electrons. The highest BCUT2D eigenvalue weighted by molar-refractivity contribution is 7.89. The lowest BCUT2D eigenvalue weighted by molar-refractivity contribution is -0.137. The van der Waals surface area contributed by atoms with E-state index < -0.39 is 70.0 Å². The van der Waals surface area contributed by atoms with E-state index in [1.54, 1.807) is 0 Å². The number of halogens is 6. The second kappa shape index (κ2) is 10.0. The largest absolute Gasteiger partial charge is 0.443 e. The van der Waals surface area contributed by atoms with Crippen molar-refractivity contribution in [1.29, 1.82) is 0 Å². The van der Waals surface area contributed by atoms with Crippen LogP contribution in [0, 0.1) is 11.6 Å². The minimum absolute atomic E-state index is 0.0151. The summed E-state index contributed by atoms with van der Waals surface area (Å²) in [5.41, 5.74) is -0.159. The minimum Gasteiger partial charge on any atom is -0.351 e. The molecule has 1 amide bonds. The number of pyridine rings is 1. The molecule has 2 aromatic heterocycles. The Labute approximate surface area is 211 Å². The number of sulfonamides is 1. The number of carbonyl (C=O) groups excluding carboxylic acids is 1. The first-order valence-electron chi connectivity index (χ1n) is 10.7. The van der Waals surface area contributed by atoms with Crippen LogP contribution in [0.25, 0.3) is 10.6 Å². The van der Waals surface area contributed by atoms with E-state index in [4.69, 9.17) is 0 Å². The van der Waals surface area contributed by atoms with Gasteiger partial charge in [-0.3, -0.25) is 9.78 Å². The first-order valence-corrected chi connectivity index (χ1v) is 12.9. The summed E-state index contributed by atoms with van der Waals surface area (Å²) in [5, 5.41) is 1.25. The number of hydrogen-bond acceptors (Lipinski definition) is 6. The molecule has 1 N–H and O–H groups in total. The zero-order chi connectivity index (χ0) is 27.1. The maximum atomic E-state index is 14.5. The van der Waals surface area contributed by atoms with Crippen LogP contribution >= 0.6 is 11.3 Å². The fourth-order valence-electron chi connectivity index (χ4n) is 3.87. The lowest BCUT2D eigenvalue weighted by atomic mass is 10.1. The van der Waals surface area contributed by atoms with E-state index in [-0.39, 0.29) is 21.0 Å². The molecule has 198 valence electrons. The number of thiazole rings is 1. The van der Waals surface area contributed by atoms with Gasteiger partial charge in [-0.25, -0.2) is 26.6 Å². The fourth-order valence-corrected chi connectivity index (χ4v) is 6.43. The van der Waals surface area contributed by atoms with Gasteiger partial charge in [-0.05, 0) is 37.3 Å². The van der Waals surface area contributed by atoms with E-state index >= 15 is 0 Å². The third kappa shape index (κ3) is 5.48. The SMILES string of the molecule is CC1C(F)CC(C(=O)NCc2cc(-c3cnc(C(F)(F)F)s3)ncc2F)N1S(=O)(=O)c1ccc(F)cc1. The van der Waals surface area contributed by atoms with Crippen LogP contribution in [0.5, 0.6) is 0 Å². The number of benzene rings is 1. The Morgan fingerprint density at radius 2 is 1.84 bits per heavy atom. The van der Waals surface area contributed by atoms with Gasteiger partial charge in [0.05, 0.1) is 27.7 Å². The molecular weight excluding hydrogens is 546 g/mol. The molecule has 3 aromatic rings. The number of carbonyl (C=O) groups is 1. The molecule has 15 heteroatoms. The van der Waals surface area contributed by atoms with Gasteiger partial charge in [0, 0.05) is 24.7 Å². The average Bonchev–Trinajstić information content (AvgIpc) is 3.44. The predicted octanol–water partition coefficient (Wildman–Crippen LogP) is 4.31. The van der Waals surface area contributed by atoms with Gasteiger partial charge >= 0.3 is 6.18 Å². The number of nitrogens with one attached hydrogen (secondary N) is 1. The van der Waals surface area contributed by atoms with Gasteiger partial charge in [0.25, 0.3) is 0 Å². The van der Waals surface area contributed by atoms with E-state index in [9.17, 15) is 39.6 Å². The molecule has 0 aliphatic carbocycles. The molecule has 37 heavy (non-hydrogen) atoms. The molecule has 3 unspecified atom stereocenters. The van der Waals surface area contributed by atoms with Gasteiger partial charge in [-0.15, -0.1) is 11.3 Å². The highest BCUT2D eigenvalue weighted by Gasteiger charge is 2.49. The molecule has 3 atom stereocenters. The lowest BCUT2D eigenvalue weighted by Crippen LogP contribution is -2.48.